The number of nitrogens with one attached hydrogen (secondary N) is 2. The summed E-state index contributed by atoms with van der Waals surface area (Å²) in [5.41, 5.74) is 1.08. The van der Waals surface area contributed by atoms with Gasteiger partial charge in [-0.25, -0.2) is 8.42 Å². The number of sulfonamides is 1. The average Bonchev–Trinajstić information content (AvgIpc) is 2.38. The Morgan fingerprint density at radius 1 is 1.26 bits per heavy atom. The predicted molar refractivity (Wildman–Crippen MR) is 86.7 cm³/mol. The third-order valence-electron chi connectivity index (χ3n) is 3.13. The Bertz CT molecular complexity index is 698. The lowest BCUT2D eigenvalue weighted by Gasteiger charge is -2.17. The zero-order valence-electron chi connectivity index (χ0n) is 13.6. The van der Waals surface area contributed by atoms with Crippen molar-refractivity contribution in [2.45, 2.75) is 45.1 Å². The average molecular weight is 342 g/mol. The van der Waals surface area contributed by atoms with Gasteiger partial charge in [0.15, 0.2) is 0 Å². The third kappa shape index (κ3) is 5.65. The SMILES string of the molecule is CC(=O)Nc1cc(S(=O)(=O)NC(CC(C)C)C(=O)O)ccc1C. The number of carbonyl (C=O) groups excluding carboxylic acids is 1. The second-order valence-electron chi connectivity index (χ2n) is 5.80. The van der Waals surface area contributed by atoms with Gasteiger partial charge in [-0.2, -0.15) is 4.72 Å². The van der Waals surface area contributed by atoms with Crippen LogP contribution in [0, 0.1) is 12.8 Å². The molecule has 1 aromatic rings. The zero-order valence-corrected chi connectivity index (χ0v) is 14.4. The highest BCUT2D eigenvalue weighted by Gasteiger charge is 2.26. The van der Waals surface area contributed by atoms with Gasteiger partial charge < -0.3 is 10.4 Å². The van der Waals surface area contributed by atoms with Crippen molar-refractivity contribution in [2.75, 3.05) is 5.32 Å². The van der Waals surface area contributed by atoms with Crippen LogP contribution in [0.3, 0.4) is 0 Å². The smallest absolute Gasteiger partial charge is 0.321 e. The van der Waals surface area contributed by atoms with Crippen molar-refractivity contribution in [3.05, 3.63) is 23.8 Å². The molecule has 0 heterocycles. The van der Waals surface area contributed by atoms with Crippen molar-refractivity contribution < 1.29 is 23.1 Å². The molecule has 1 aromatic carbocycles. The van der Waals surface area contributed by atoms with E-state index in [1.54, 1.807) is 13.0 Å². The lowest BCUT2D eigenvalue weighted by Crippen LogP contribution is -2.41. The number of hydrogen-bond donors (Lipinski definition) is 3. The normalized spacial score (nSPS) is 12.9. The lowest BCUT2D eigenvalue weighted by molar-refractivity contribution is -0.139. The molecule has 0 fully saturated rings. The fourth-order valence-electron chi connectivity index (χ4n) is 2.02. The van der Waals surface area contributed by atoms with Crippen LogP contribution < -0.4 is 10.0 Å². The Balaban J connectivity index is 3.12. The quantitative estimate of drug-likeness (QED) is 0.698. The van der Waals surface area contributed by atoms with E-state index in [0.717, 1.165) is 0 Å². The molecule has 3 N–H and O–H groups in total. The van der Waals surface area contributed by atoms with Gasteiger partial charge in [0.2, 0.25) is 15.9 Å². The van der Waals surface area contributed by atoms with E-state index in [4.69, 9.17) is 5.11 Å². The summed E-state index contributed by atoms with van der Waals surface area (Å²) in [6, 6.07) is 3.04. The van der Waals surface area contributed by atoms with Crippen molar-refractivity contribution in [3.63, 3.8) is 0 Å². The van der Waals surface area contributed by atoms with Crippen LogP contribution in [0.15, 0.2) is 23.1 Å². The number of carboxylic acid groups (broad SMARTS) is 1. The molecule has 0 aliphatic heterocycles. The van der Waals surface area contributed by atoms with E-state index < -0.39 is 22.0 Å². The van der Waals surface area contributed by atoms with E-state index in [1.807, 2.05) is 13.8 Å². The molecule has 8 heteroatoms. The predicted octanol–water partition coefficient (Wildman–Crippen LogP) is 1.73. The van der Waals surface area contributed by atoms with Crippen LogP contribution >= 0.6 is 0 Å². The van der Waals surface area contributed by atoms with Gasteiger partial charge in [0.05, 0.1) is 4.90 Å². The van der Waals surface area contributed by atoms with Crippen LogP contribution in [0.2, 0.25) is 0 Å². The van der Waals surface area contributed by atoms with Gasteiger partial charge in [0, 0.05) is 12.6 Å². The van der Waals surface area contributed by atoms with E-state index in [9.17, 15) is 18.0 Å². The number of aryl methyl sites for hydroxylation is 1. The first-order valence-electron chi connectivity index (χ1n) is 7.16. The molecular formula is C15H22N2O5S. The van der Waals surface area contributed by atoms with Crippen LogP contribution in [0.25, 0.3) is 0 Å². The standard InChI is InChI=1S/C15H22N2O5S/c1-9(2)7-14(15(19)20)17-23(21,22)12-6-5-10(3)13(8-12)16-11(4)18/h5-6,8-9,14,17H,7H2,1-4H3,(H,16,18)(H,19,20). The molecule has 0 bridgehead atoms. The zero-order chi connectivity index (χ0) is 17.8. The Morgan fingerprint density at radius 2 is 1.87 bits per heavy atom. The first-order chi connectivity index (χ1) is 10.5. The van der Waals surface area contributed by atoms with Crippen LogP contribution in [0.1, 0.15) is 32.8 Å². The van der Waals surface area contributed by atoms with Gasteiger partial charge in [0.1, 0.15) is 6.04 Å². The molecule has 0 aromatic heterocycles. The summed E-state index contributed by atoms with van der Waals surface area (Å²) < 4.78 is 27.0. The third-order valence-corrected chi connectivity index (χ3v) is 4.60. The second kappa shape index (κ2) is 7.56. The van der Waals surface area contributed by atoms with Gasteiger partial charge in [-0.1, -0.05) is 19.9 Å². The number of amides is 1. The Labute approximate surface area is 136 Å². The minimum atomic E-state index is -4.01. The number of aliphatic carboxylic acids is 1. The molecule has 0 saturated heterocycles. The topological polar surface area (TPSA) is 113 Å². The number of carboxylic acids is 1. The summed E-state index contributed by atoms with van der Waals surface area (Å²) in [5.74, 6) is -1.53. The van der Waals surface area contributed by atoms with E-state index >= 15 is 0 Å². The van der Waals surface area contributed by atoms with E-state index in [2.05, 4.69) is 10.0 Å². The molecule has 0 saturated carbocycles. The summed E-state index contributed by atoms with van der Waals surface area (Å²) in [4.78, 5) is 22.3. The summed E-state index contributed by atoms with van der Waals surface area (Å²) in [7, 11) is -4.01. The number of rotatable bonds is 7. The number of hydrogen-bond acceptors (Lipinski definition) is 4. The summed E-state index contributed by atoms with van der Waals surface area (Å²) in [6.07, 6.45) is 0.180. The van der Waals surface area contributed by atoms with Crippen molar-refractivity contribution in [3.8, 4) is 0 Å². The Hall–Kier alpha value is -1.93. The van der Waals surface area contributed by atoms with E-state index in [0.29, 0.717) is 11.3 Å². The Morgan fingerprint density at radius 3 is 2.35 bits per heavy atom. The molecule has 7 nitrogen and oxygen atoms in total. The molecule has 128 valence electrons. The summed E-state index contributed by atoms with van der Waals surface area (Å²) in [6.45, 7) is 6.67. The van der Waals surface area contributed by atoms with Crippen molar-refractivity contribution in [2.24, 2.45) is 5.92 Å². The molecule has 0 aliphatic carbocycles. The summed E-state index contributed by atoms with van der Waals surface area (Å²) >= 11 is 0. The maximum Gasteiger partial charge on any atom is 0.321 e. The Kier molecular flexibility index (Phi) is 6.28. The fourth-order valence-corrected chi connectivity index (χ4v) is 3.25. The maximum absolute atomic E-state index is 12.4. The first-order valence-corrected chi connectivity index (χ1v) is 8.64. The highest BCUT2D eigenvalue weighted by atomic mass is 32.2. The minimum Gasteiger partial charge on any atom is -0.480 e. The number of benzene rings is 1. The molecular weight excluding hydrogens is 320 g/mol. The molecule has 1 rings (SSSR count). The molecule has 1 amide bonds. The van der Waals surface area contributed by atoms with Crippen LogP contribution in [-0.4, -0.2) is 31.4 Å². The van der Waals surface area contributed by atoms with Gasteiger partial charge in [-0.15, -0.1) is 0 Å². The van der Waals surface area contributed by atoms with Gasteiger partial charge in [-0.3, -0.25) is 9.59 Å². The lowest BCUT2D eigenvalue weighted by atomic mass is 10.1. The van der Waals surface area contributed by atoms with Crippen molar-refractivity contribution in [1.29, 1.82) is 0 Å². The van der Waals surface area contributed by atoms with E-state index in [-0.39, 0.29) is 23.1 Å². The highest BCUT2D eigenvalue weighted by molar-refractivity contribution is 7.89. The molecule has 1 unspecified atom stereocenters. The number of anilines is 1. The van der Waals surface area contributed by atoms with Crippen LogP contribution in [0.5, 0.6) is 0 Å². The van der Waals surface area contributed by atoms with Gasteiger partial charge >= 0.3 is 5.97 Å². The highest BCUT2D eigenvalue weighted by Crippen LogP contribution is 2.21. The molecule has 0 aliphatic rings. The largest absolute Gasteiger partial charge is 0.480 e. The molecule has 23 heavy (non-hydrogen) atoms. The minimum absolute atomic E-state index is 0.0201. The van der Waals surface area contributed by atoms with Gasteiger partial charge in [-0.05, 0) is 37.0 Å². The molecule has 0 radical (unpaired) electrons. The van der Waals surface area contributed by atoms with Crippen molar-refractivity contribution in [1.82, 2.24) is 4.72 Å². The van der Waals surface area contributed by atoms with Crippen LogP contribution in [-0.2, 0) is 19.6 Å². The molecule has 0 spiro atoms. The summed E-state index contributed by atoms with van der Waals surface area (Å²) in [5, 5.41) is 11.7. The van der Waals surface area contributed by atoms with Gasteiger partial charge in [0.25, 0.3) is 0 Å². The van der Waals surface area contributed by atoms with Crippen molar-refractivity contribution >= 4 is 27.6 Å². The second-order valence-corrected chi connectivity index (χ2v) is 7.51. The molecule has 1 atom stereocenters. The monoisotopic (exact) mass is 342 g/mol. The fraction of sp³-hybridized carbons (Fsp3) is 0.467. The van der Waals surface area contributed by atoms with E-state index in [1.165, 1.54) is 19.1 Å². The number of carbonyl (C=O) groups is 2. The maximum atomic E-state index is 12.4. The van der Waals surface area contributed by atoms with Crippen LogP contribution in [0.4, 0.5) is 5.69 Å². The first kappa shape index (κ1) is 19.1.